The molecule has 0 atom stereocenters. The van der Waals surface area contributed by atoms with Gasteiger partial charge in [-0.15, -0.1) is 0 Å². The zero-order valence-corrected chi connectivity index (χ0v) is 19.8. The van der Waals surface area contributed by atoms with E-state index in [9.17, 15) is 14.0 Å². The summed E-state index contributed by atoms with van der Waals surface area (Å²) in [6.45, 7) is 0. The standard InChI is InChI=1S/C27H19ClFN3O2S/c28-23-16-22(13-14-24(23)29)30-26(34)20-7-4-8-21(15-20)31-27(35)32-25(33)19-11-9-18(10-12-19)17-5-2-1-3-6-17/h1-16H,(H,30,34)(H2,31,32,33,35). The van der Waals surface area contributed by atoms with Gasteiger partial charge >= 0.3 is 0 Å². The van der Waals surface area contributed by atoms with Crippen molar-refractivity contribution in [3.05, 3.63) is 119 Å². The van der Waals surface area contributed by atoms with Crippen LogP contribution < -0.4 is 16.0 Å². The molecule has 0 spiro atoms. The van der Waals surface area contributed by atoms with Crippen molar-refractivity contribution < 1.29 is 14.0 Å². The highest BCUT2D eigenvalue weighted by Gasteiger charge is 2.11. The van der Waals surface area contributed by atoms with Crippen LogP contribution in [0.1, 0.15) is 20.7 Å². The van der Waals surface area contributed by atoms with E-state index >= 15 is 0 Å². The molecule has 0 bridgehead atoms. The molecule has 4 aromatic rings. The summed E-state index contributed by atoms with van der Waals surface area (Å²) in [4.78, 5) is 25.1. The van der Waals surface area contributed by atoms with Gasteiger partial charge in [0.15, 0.2) is 5.11 Å². The van der Waals surface area contributed by atoms with Crippen LogP contribution in [0.3, 0.4) is 0 Å². The Labute approximate surface area is 211 Å². The highest BCUT2D eigenvalue weighted by Crippen LogP contribution is 2.21. The SMILES string of the molecule is O=C(NC(=S)Nc1cccc(C(=O)Nc2ccc(F)c(Cl)c2)c1)c1ccc(-c2ccccc2)cc1. The van der Waals surface area contributed by atoms with Crippen LogP contribution in [0.2, 0.25) is 5.02 Å². The van der Waals surface area contributed by atoms with E-state index in [1.807, 2.05) is 42.5 Å². The lowest BCUT2D eigenvalue weighted by molar-refractivity contribution is 0.0976. The summed E-state index contributed by atoms with van der Waals surface area (Å²) >= 11 is 11.0. The smallest absolute Gasteiger partial charge is 0.257 e. The summed E-state index contributed by atoms with van der Waals surface area (Å²) in [7, 11) is 0. The second-order valence-corrected chi connectivity index (χ2v) is 8.33. The van der Waals surface area contributed by atoms with E-state index in [1.165, 1.54) is 18.2 Å². The topological polar surface area (TPSA) is 70.2 Å². The highest BCUT2D eigenvalue weighted by molar-refractivity contribution is 7.80. The number of hydrogen-bond acceptors (Lipinski definition) is 3. The first-order valence-corrected chi connectivity index (χ1v) is 11.3. The first-order chi connectivity index (χ1) is 16.9. The zero-order chi connectivity index (χ0) is 24.8. The Hall–Kier alpha value is -4.07. The van der Waals surface area contributed by atoms with Crippen LogP contribution in [-0.2, 0) is 0 Å². The van der Waals surface area contributed by atoms with Gasteiger partial charge in [0.2, 0.25) is 0 Å². The van der Waals surface area contributed by atoms with Crippen LogP contribution in [0.15, 0.2) is 97.1 Å². The van der Waals surface area contributed by atoms with Crippen LogP contribution in [0.5, 0.6) is 0 Å². The Morgan fingerprint density at radius 1 is 0.686 bits per heavy atom. The van der Waals surface area contributed by atoms with Crippen molar-refractivity contribution in [3.63, 3.8) is 0 Å². The van der Waals surface area contributed by atoms with Gasteiger partial charge in [-0.3, -0.25) is 14.9 Å². The number of carbonyl (C=O) groups excluding carboxylic acids is 2. The minimum absolute atomic E-state index is 0.0880. The lowest BCUT2D eigenvalue weighted by atomic mass is 10.0. The van der Waals surface area contributed by atoms with E-state index in [1.54, 1.807) is 36.4 Å². The molecule has 0 saturated heterocycles. The van der Waals surface area contributed by atoms with Gasteiger partial charge in [0.25, 0.3) is 11.8 Å². The summed E-state index contributed by atoms with van der Waals surface area (Å²) < 4.78 is 13.3. The number of halogens is 2. The molecule has 0 fully saturated rings. The monoisotopic (exact) mass is 503 g/mol. The molecule has 3 N–H and O–H groups in total. The summed E-state index contributed by atoms with van der Waals surface area (Å²) in [5.41, 5.74) is 3.73. The van der Waals surface area contributed by atoms with E-state index in [2.05, 4.69) is 16.0 Å². The minimum Gasteiger partial charge on any atom is -0.332 e. The molecule has 0 heterocycles. The zero-order valence-electron chi connectivity index (χ0n) is 18.2. The number of benzene rings is 4. The number of nitrogens with one attached hydrogen (secondary N) is 3. The molecular weight excluding hydrogens is 485 g/mol. The van der Waals surface area contributed by atoms with Gasteiger partial charge in [-0.1, -0.05) is 60.1 Å². The first kappa shape index (κ1) is 24.1. The van der Waals surface area contributed by atoms with Gasteiger partial charge in [0, 0.05) is 22.5 Å². The fraction of sp³-hybridized carbons (Fsp3) is 0. The Kier molecular flexibility index (Phi) is 7.50. The summed E-state index contributed by atoms with van der Waals surface area (Å²) in [6.07, 6.45) is 0. The van der Waals surface area contributed by atoms with E-state index < -0.39 is 11.7 Å². The molecule has 5 nitrogen and oxygen atoms in total. The van der Waals surface area contributed by atoms with E-state index in [0.29, 0.717) is 22.5 Å². The summed E-state index contributed by atoms with van der Waals surface area (Å²) in [5.74, 6) is -1.34. The molecule has 174 valence electrons. The van der Waals surface area contributed by atoms with Crippen molar-refractivity contribution in [2.75, 3.05) is 10.6 Å². The van der Waals surface area contributed by atoms with Crippen molar-refractivity contribution >= 4 is 52.1 Å². The Bertz CT molecular complexity index is 1400. The predicted molar refractivity (Wildman–Crippen MR) is 141 cm³/mol. The molecule has 0 unspecified atom stereocenters. The molecule has 8 heteroatoms. The Morgan fingerprint density at radius 2 is 1.37 bits per heavy atom. The average Bonchev–Trinajstić information content (AvgIpc) is 2.87. The molecule has 2 amide bonds. The van der Waals surface area contributed by atoms with Crippen LogP contribution in [-0.4, -0.2) is 16.9 Å². The molecule has 4 aromatic carbocycles. The van der Waals surface area contributed by atoms with Gasteiger partial charge in [0.05, 0.1) is 5.02 Å². The molecule has 35 heavy (non-hydrogen) atoms. The Balaban J connectivity index is 1.36. The molecule has 4 rings (SSSR count). The number of carbonyl (C=O) groups is 2. The van der Waals surface area contributed by atoms with Crippen molar-refractivity contribution in [2.45, 2.75) is 0 Å². The molecular formula is C27H19ClFN3O2S. The molecule has 0 radical (unpaired) electrons. The van der Waals surface area contributed by atoms with Gasteiger partial charge in [0.1, 0.15) is 5.82 Å². The third-order valence-corrected chi connectivity index (χ3v) is 5.54. The van der Waals surface area contributed by atoms with Gasteiger partial charge in [-0.05, 0) is 71.9 Å². The van der Waals surface area contributed by atoms with E-state index in [-0.39, 0.29) is 16.0 Å². The number of rotatable bonds is 5. The fourth-order valence-electron chi connectivity index (χ4n) is 3.30. The number of hydrogen-bond donors (Lipinski definition) is 3. The maximum atomic E-state index is 13.3. The van der Waals surface area contributed by atoms with Crippen LogP contribution in [0, 0.1) is 5.82 Å². The van der Waals surface area contributed by atoms with Gasteiger partial charge < -0.3 is 10.6 Å². The quantitative estimate of drug-likeness (QED) is 0.271. The third kappa shape index (κ3) is 6.29. The molecule has 0 aromatic heterocycles. The molecule has 0 saturated carbocycles. The van der Waals surface area contributed by atoms with Crippen LogP contribution >= 0.6 is 23.8 Å². The van der Waals surface area contributed by atoms with Crippen molar-refractivity contribution in [1.29, 1.82) is 0 Å². The maximum absolute atomic E-state index is 13.3. The lowest BCUT2D eigenvalue weighted by Crippen LogP contribution is -2.34. The van der Waals surface area contributed by atoms with Gasteiger partial charge in [-0.2, -0.15) is 0 Å². The second-order valence-electron chi connectivity index (χ2n) is 7.52. The minimum atomic E-state index is -0.571. The van der Waals surface area contributed by atoms with E-state index in [0.717, 1.165) is 11.1 Å². The van der Waals surface area contributed by atoms with Crippen molar-refractivity contribution in [1.82, 2.24) is 5.32 Å². The number of anilines is 2. The molecule has 0 aliphatic heterocycles. The molecule has 0 aliphatic rings. The fourth-order valence-corrected chi connectivity index (χ4v) is 3.69. The Morgan fingerprint density at radius 3 is 2.09 bits per heavy atom. The second kappa shape index (κ2) is 10.9. The summed E-state index contributed by atoms with van der Waals surface area (Å²) in [6, 6.07) is 27.5. The number of thiocarbonyl (C=S) groups is 1. The van der Waals surface area contributed by atoms with Gasteiger partial charge in [-0.25, -0.2) is 4.39 Å². The largest absolute Gasteiger partial charge is 0.332 e. The third-order valence-electron chi connectivity index (χ3n) is 5.04. The van der Waals surface area contributed by atoms with Crippen molar-refractivity contribution in [3.8, 4) is 11.1 Å². The number of amides is 2. The maximum Gasteiger partial charge on any atom is 0.257 e. The lowest BCUT2D eigenvalue weighted by Gasteiger charge is -2.11. The average molecular weight is 504 g/mol. The first-order valence-electron chi connectivity index (χ1n) is 10.5. The summed E-state index contributed by atoms with van der Waals surface area (Å²) in [5, 5.41) is 8.19. The highest BCUT2D eigenvalue weighted by atomic mass is 35.5. The van der Waals surface area contributed by atoms with E-state index in [4.69, 9.17) is 23.8 Å². The van der Waals surface area contributed by atoms with Crippen LogP contribution in [0.25, 0.3) is 11.1 Å². The van der Waals surface area contributed by atoms with Crippen LogP contribution in [0.4, 0.5) is 15.8 Å². The predicted octanol–water partition coefficient (Wildman–Crippen LogP) is 6.53. The van der Waals surface area contributed by atoms with Crippen molar-refractivity contribution in [2.24, 2.45) is 0 Å². The normalized spacial score (nSPS) is 10.3. The molecule has 0 aliphatic carbocycles.